The molecule has 0 fully saturated rings. The van der Waals surface area contributed by atoms with Crippen LogP contribution in [-0.4, -0.2) is 10.8 Å². The summed E-state index contributed by atoms with van der Waals surface area (Å²) in [5, 5.41) is 0. The minimum atomic E-state index is -0.168. The topological polar surface area (TPSA) is 20.3 Å². The molecule has 0 bridgehead atoms. The van der Waals surface area contributed by atoms with Crippen molar-refractivity contribution in [2.75, 3.05) is 0 Å². The summed E-state index contributed by atoms with van der Waals surface area (Å²) in [5.41, 5.74) is 4.21. The predicted molar refractivity (Wildman–Crippen MR) is 105 cm³/mol. The Kier molecular flexibility index (Phi) is 5.85. The first-order chi connectivity index (χ1) is 12.7. The van der Waals surface area contributed by atoms with Gasteiger partial charge in [-0.1, -0.05) is 84.3 Å². The molecule has 0 aromatic heterocycles. The maximum Gasteiger partial charge on any atom is 0.299 e. The zero-order chi connectivity index (χ0) is 18.2. The molecule has 0 N–H and O–H groups in total. The molecule has 0 radical (unpaired) electrons. The smallest absolute Gasteiger partial charge is 0.299 e. The molecule has 0 aliphatic heterocycles. The van der Waals surface area contributed by atoms with Gasteiger partial charge in [0, 0.05) is 24.6 Å². The minimum Gasteiger partial charge on any atom is -0.323 e. The minimum absolute atomic E-state index is 0.168. The highest BCUT2D eigenvalue weighted by Gasteiger charge is 2.12. The monoisotopic (exact) mass is 339 g/mol. The summed E-state index contributed by atoms with van der Waals surface area (Å²) in [6.45, 7) is 3.11. The van der Waals surface area contributed by atoms with E-state index < -0.39 is 0 Å². The van der Waals surface area contributed by atoms with E-state index in [-0.39, 0.29) is 5.91 Å². The third-order valence-corrected chi connectivity index (χ3v) is 4.09. The van der Waals surface area contributed by atoms with Crippen LogP contribution >= 0.6 is 0 Å². The molecule has 1 amide bonds. The fraction of sp³-hybridized carbons (Fsp3) is 0.125. The van der Waals surface area contributed by atoms with Crippen LogP contribution in [0.5, 0.6) is 0 Å². The fourth-order valence-corrected chi connectivity index (χ4v) is 2.65. The molecule has 0 aliphatic rings. The Bertz CT molecular complexity index is 862. The van der Waals surface area contributed by atoms with Crippen LogP contribution in [0, 0.1) is 18.8 Å². The highest BCUT2D eigenvalue weighted by molar-refractivity contribution is 5.94. The number of benzene rings is 3. The van der Waals surface area contributed by atoms with E-state index in [0.29, 0.717) is 13.1 Å². The first-order valence-electron chi connectivity index (χ1n) is 8.66. The normalized spacial score (nSPS) is 9.88. The van der Waals surface area contributed by atoms with Crippen molar-refractivity contribution in [3.05, 3.63) is 107 Å². The molecule has 26 heavy (non-hydrogen) atoms. The number of hydrogen-bond acceptors (Lipinski definition) is 1. The van der Waals surface area contributed by atoms with E-state index in [4.69, 9.17) is 0 Å². The van der Waals surface area contributed by atoms with Crippen LogP contribution in [0.15, 0.2) is 84.9 Å². The predicted octanol–water partition coefficient (Wildman–Crippen LogP) is 4.58. The van der Waals surface area contributed by atoms with Crippen LogP contribution in [0.1, 0.15) is 22.3 Å². The molecular weight excluding hydrogens is 318 g/mol. The summed E-state index contributed by atoms with van der Waals surface area (Å²) in [4.78, 5) is 14.5. The maximum absolute atomic E-state index is 12.7. The van der Waals surface area contributed by atoms with Gasteiger partial charge in [-0.2, -0.15) is 0 Å². The van der Waals surface area contributed by atoms with E-state index in [1.165, 1.54) is 5.56 Å². The molecule has 0 spiro atoms. The number of nitrogens with zero attached hydrogens (tertiary/aromatic N) is 1. The van der Waals surface area contributed by atoms with Crippen LogP contribution in [0.4, 0.5) is 0 Å². The molecule has 3 aromatic rings. The lowest BCUT2D eigenvalue weighted by Gasteiger charge is -2.20. The van der Waals surface area contributed by atoms with Gasteiger partial charge in [-0.15, -0.1) is 0 Å². The summed E-state index contributed by atoms with van der Waals surface area (Å²) >= 11 is 0. The zero-order valence-corrected chi connectivity index (χ0v) is 14.9. The van der Waals surface area contributed by atoms with Gasteiger partial charge in [-0.3, -0.25) is 4.79 Å². The van der Waals surface area contributed by atoms with Gasteiger partial charge < -0.3 is 4.90 Å². The first-order valence-corrected chi connectivity index (χ1v) is 8.66. The number of hydrogen-bond donors (Lipinski definition) is 0. The molecular formula is C24H21NO. The standard InChI is InChI=1S/C24H21NO/c1-20-12-14-21(15-13-20)16-17-24(26)25(18-22-8-4-2-5-9-22)19-23-10-6-3-7-11-23/h2-15H,18-19H2,1H3. The number of carbonyl (C=O) groups is 1. The van der Waals surface area contributed by atoms with Crippen molar-refractivity contribution in [2.45, 2.75) is 20.0 Å². The Morgan fingerprint density at radius 1 is 0.769 bits per heavy atom. The molecule has 3 rings (SSSR count). The Hall–Kier alpha value is -3.31. The molecule has 0 saturated carbocycles. The van der Waals surface area contributed by atoms with E-state index in [9.17, 15) is 4.79 Å². The Morgan fingerprint density at radius 3 is 1.77 bits per heavy atom. The Balaban J connectivity index is 1.79. The van der Waals surface area contributed by atoms with E-state index in [0.717, 1.165) is 16.7 Å². The van der Waals surface area contributed by atoms with Gasteiger partial charge in [-0.05, 0) is 30.2 Å². The van der Waals surface area contributed by atoms with Crippen molar-refractivity contribution < 1.29 is 4.79 Å². The van der Waals surface area contributed by atoms with E-state index >= 15 is 0 Å². The van der Waals surface area contributed by atoms with Crippen LogP contribution in [0.3, 0.4) is 0 Å². The molecule has 2 heteroatoms. The lowest BCUT2D eigenvalue weighted by Crippen LogP contribution is -2.28. The van der Waals surface area contributed by atoms with Crippen LogP contribution < -0.4 is 0 Å². The average molecular weight is 339 g/mol. The lowest BCUT2D eigenvalue weighted by atomic mass is 10.1. The molecule has 0 unspecified atom stereocenters. The van der Waals surface area contributed by atoms with Gasteiger partial charge in [0.05, 0.1) is 0 Å². The molecule has 3 aromatic carbocycles. The fourth-order valence-electron chi connectivity index (χ4n) is 2.65. The van der Waals surface area contributed by atoms with Gasteiger partial charge >= 0.3 is 0 Å². The van der Waals surface area contributed by atoms with E-state index in [1.807, 2.05) is 91.9 Å². The van der Waals surface area contributed by atoms with Gasteiger partial charge in [-0.25, -0.2) is 0 Å². The second-order valence-electron chi connectivity index (χ2n) is 6.25. The third kappa shape index (κ3) is 5.09. The van der Waals surface area contributed by atoms with E-state index in [2.05, 4.69) is 11.8 Å². The summed E-state index contributed by atoms with van der Waals surface area (Å²) in [6, 6.07) is 27.9. The summed E-state index contributed by atoms with van der Waals surface area (Å²) in [7, 11) is 0. The summed E-state index contributed by atoms with van der Waals surface area (Å²) < 4.78 is 0. The Labute approximate surface area is 155 Å². The van der Waals surface area contributed by atoms with E-state index in [1.54, 1.807) is 4.90 Å². The molecule has 2 nitrogen and oxygen atoms in total. The van der Waals surface area contributed by atoms with Crippen molar-refractivity contribution in [1.82, 2.24) is 4.90 Å². The van der Waals surface area contributed by atoms with Gasteiger partial charge in [0.2, 0.25) is 0 Å². The number of rotatable bonds is 4. The van der Waals surface area contributed by atoms with Crippen molar-refractivity contribution in [1.29, 1.82) is 0 Å². The quantitative estimate of drug-likeness (QED) is 0.637. The number of amides is 1. The SMILES string of the molecule is Cc1ccc(C#CC(=O)N(Cc2ccccc2)Cc2ccccc2)cc1. The summed E-state index contributed by atoms with van der Waals surface area (Å²) in [6.07, 6.45) is 0. The second-order valence-corrected chi connectivity index (χ2v) is 6.25. The van der Waals surface area contributed by atoms with Crippen molar-refractivity contribution in [2.24, 2.45) is 0 Å². The number of carbonyl (C=O) groups excluding carboxylic acids is 1. The molecule has 0 atom stereocenters. The molecule has 0 aliphatic carbocycles. The largest absolute Gasteiger partial charge is 0.323 e. The van der Waals surface area contributed by atoms with Crippen LogP contribution in [0.2, 0.25) is 0 Å². The van der Waals surface area contributed by atoms with Crippen molar-refractivity contribution >= 4 is 5.91 Å². The summed E-state index contributed by atoms with van der Waals surface area (Å²) in [5.74, 6) is 5.61. The van der Waals surface area contributed by atoms with Gasteiger partial charge in [0.15, 0.2) is 0 Å². The van der Waals surface area contributed by atoms with Crippen LogP contribution in [-0.2, 0) is 17.9 Å². The van der Waals surface area contributed by atoms with Gasteiger partial charge in [0.25, 0.3) is 5.91 Å². The molecule has 128 valence electrons. The third-order valence-electron chi connectivity index (χ3n) is 4.09. The highest BCUT2D eigenvalue weighted by atomic mass is 16.2. The van der Waals surface area contributed by atoms with Crippen molar-refractivity contribution in [3.63, 3.8) is 0 Å². The maximum atomic E-state index is 12.7. The molecule has 0 heterocycles. The Morgan fingerprint density at radius 2 is 1.27 bits per heavy atom. The molecule has 0 saturated heterocycles. The average Bonchev–Trinajstić information content (AvgIpc) is 2.68. The lowest BCUT2D eigenvalue weighted by molar-refractivity contribution is -0.126. The first kappa shape index (κ1) is 17.5. The highest BCUT2D eigenvalue weighted by Crippen LogP contribution is 2.10. The van der Waals surface area contributed by atoms with Crippen molar-refractivity contribution in [3.8, 4) is 11.8 Å². The number of aryl methyl sites for hydroxylation is 1. The van der Waals surface area contributed by atoms with Gasteiger partial charge in [0.1, 0.15) is 0 Å². The zero-order valence-electron chi connectivity index (χ0n) is 14.9. The second kappa shape index (κ2) is 8.69. The van der Waals surface area contributed by atoms with Crippen LogP contribution in [0.25, 0.3) is 0 Å².